The van der Waals surface area contributed by atoms with Crippen molar-refractivity contribution in [2.24, 2.45) is 0 Å². The molecule has 2 N–H and O–H groups in total. The van der Waals surface area contributed by atoms with Gasteiger partial charge in [-0.3, -0.25) is 4.79 Å². The third-order valence-corrected chi connectivity index (χ3v) is 4.40. The van der Waals surface area contributed by atoms with Crippen molar-refractivity contribution in [2.45, 2.75) is 25.0 Å². The minimum Gasteiger partial charge on any atom is -0.383 e. The molecule has 1 unspecified atom stereocenters. The zero-order valence-corrected chi connectivity index (χ0v) is 13.9. The molecule has 1 saturated heterocycles. The molecule has 1 aromatic carbocycles. The average molecular weight is 345 g/mol. The molecule has 1 heterocycles. The van der Waals surface area contributed by atoms with Gasteiger partial charge in [-0.05, 0) is 25.0 Å². The van der Waals surface area contributed by atoms with E-state index in [0.717, 1.165) is 0 Å². The molecule has 1 aliphatic rings. The van der Waals surface area contributed by atoms with E-state index >= 15 is 0 Å². The van der Waals surface area contributed by atoms with Gasteiger partial charge in [-0.1, -0.05) is 17.7 Å². The van der Waals surface area contributed by atoms with Gasteiger partial charge in [-0.15, -0.1) is 0 Å². The van der Waals surface area contributed by atoms with Crippen LogP contribution in [0.25, 0.3) is 0 Å². The van der Waals surface area contributed by atoms with Crippen LogP contribution in [0.15, 0.2) is 18.2 Å². The van der Waals surface area contributed by atoms with Crippen LogP contribution in [0.5, 0.6) is 0 Å². The molecule has 1 amide bonds. The topological polar surface area (TPSA) is 61.8 Å². The summed E-state index contributed by atoms with van der Waals surface area (Å²) in [5.41, 5.74) is -1.14. The highest BCUT2D eigenvalue weighted by molar-refractivity contribution is 6.31. The highest BCUT2D eigenvalue weighted by atomic mass is 35.5. The summed E-state index contributed by atoms with van der Waals surface area (Å²) in [6, 6.07) is 4.47. The zero-order valence-electron chi connectivity index (χ0n) is 13.1. The standard InChI is InChI=1S/C16H22ClFN2O3/c1-23-9-8-20-7-3-6-16(22,15(20)21)11-19-10-12-13(17)4-2-5-14(12)18/h2,4-5,19,22H,3,6-11H2,1H3. The van der Waals surface area contributed by atoms with Gasteiger partial charge in [0.05, 0.1) is 6.61 Å². The Morgan fingerprint density at radius 1 is 1.52 bits per heavy atom. The number of halogens is 2. The number of ether oxygens (including phenoxy) is 1. The summed E-state index contributed by atoms with van der Waals surface area (Å²) in [6.07, 6.45) is 1.10. The van der Waals surface area contributed by atoms with E-state index in [1.807, 2.05) is 0 Å². The van der Waals surface area contributed by atoms with Crippen molar-refractivity contribution in [1.29, 1.82) is 0 Å². The lowest BCUT2D eigenvalue weighted by Crippen LogP contribution is -2.58. The molecule has 23 heavy (non-hydrogen) atoms. The average Bonchev–Trinajstić information content (AvgIpc) is 2.52. The van der Waals surface area contributed by atoms with Gasteiger partial charge in [-0.25, -0.2) is 4.39 Å². The van der Waals surface area contributed by atoms with Crippen LogP contribution in [0.1, 0.15) is 18.4 Å². The number of likely N-dealkylation sites (tertiary alicyclic amines) is 1. The first-order valence-corrected chi connectivity index (χ1v) is 8.00. The minimum absolute atomic E-state index is 0.0555. The molecule has 1 aromatic rings. The van der Waals surface area contributed by atoms with Crippen molar-refractivity contribution in [2.75, 3.05) is 33.4 Å². The van der Waals surface area contributed by atoms with Crippen molar-refractivity contribution >= 4 is 17.5 Å². The molecule has 7 heteroatoms. The number of rotatable bonds is 7. The van der Waals surface area contributed by atoms with E-state index in [1.165, 1.54) is 12.1 Å². The van der Waals surface area contributed by atoms with Gasteiger partial charge in [0.2, 0.25) is 0 Å². The van der Waals surface area contributed by atoms with Crippen LogP contribution >= 0.6 is 11.6 Å². The van der Waals surface area contributed by atoms with Crippen LogP contribution in [0, 0.1) is 5.82 Å². The number of amides is 1. The number of hydrogen-bond donors (Lipinski definition) is 2. The molecule has 0 spiro atoms. The van der Waals surface area contributed by atoms with Crippen molar-refractivity contribution in [3.05, 3.63) is 34.6 Å². The molecular weight excluding hydrogens is 323 g/mol. The first-order valence-electron chi connectivity index (χ1n) is 7.62. The maximum atomic E-state index is 13.7. The maximum Gasteiger partial charge on any atom is 0.255 e. The molecule has 5 nitrogen and oxygen atoms in total. The normalized spacial score (nSPS) is 21.7. The molecular formula is C16H22ClFN2O3. The van der Waals surface area contributed by atoms with Crippen molar-refractivity contribution in [3.63, 3.8) is 0 Å². The first kappa shape index (κ1) is 18.1. The quantitative estimate of drug-likeness (QED) is 0.788. The second-order valence-electron chi connectivity index (χ2n) is 5.72. The molecule has 1 aliphatic heterocycles. The third kappa shape index (κ3) is 4.41. The zero-order chi connectivity index (χ0) is 16.9. The van der Waals surface area contributed by atoms with Gasteiger partial charge in [0.25, 0.3) is 5.91 Å². The predicted molar refractivity (Wildman–Crippen MR) is 85.8 cm³/mol. The predicted octanol–water partition coefficient (Wildman–Crippen LogP) is 1.57. The number of carbonyl (C=O) groups excluding carboxylic acids is 1. The molecule has 1 fully saturated rings. The van der Waals surface area contributed by atoms with Crippen LogP contribution in [0.3, 0.4) is 0 Å². The van der Waals surface area contributed by atoms with Gasteiger partial charge >= 0.3 is 0 Å². The van der Waals surface area contributed by atoms with E-state index in [-0.39, 0.29) is 19.0 Å². The third-order valence-electron chi connectivity index (χ3n) is 4.05. The van der Waals surface area contributed by atoms with Gasteiger partial charge in [0.1, 0.15) is 5.82 Å². The Morgan fingerprint density at radius 3 is 3.00 bits per heavy atom. The molecule has 0 aliphatic carbocycles. The summed E-state index contributed by atoms with van der Waals surface area (Å²) >= 11 is 5.96. The van der Waals surface area contributed by atoms with Gasteiger partial charge in [-0.2, -0.15) is 0 Å². The number of aliphatic hydroxyl groups is 1. The van der Waals surface area contributed by atoms with E-state index < -0.39 is 11.4 Å². The van der Waals surface area contributed by atoms with Gasteiger partial charge < -0.3 is 20.1 Å². The van der Waals surface area contributed by atoms with E-state index in [4.69, 9.17) is 16.3 Å². The lowest BCUT2D eigenvalue weighted by atomic mass is 9.91. The highest BCUT2D eigenvalue weighted by Crippen LogP contribution is 2.23. The lowest BCUT2D eigenvalue weighted by Gasteiger charge is -2.38. The fourth-order valence-corrected chi connectivity index (χ4v) is 2.97. The smallest absolute Gasteiger partial charge is 0.255 e. The monoisotopic (exact) mass is 344 g/mol. The van der Waals surface area contributed by atoms with Crippen LogP contribution in [-0.2, 0) is 16.1 Å². The van der Waals surface area contributed by atoms with Gasteiger partial charge in [0, 0.05) is 43.9 Å². The summed E-state index contributed by atoms with van der Waals surface area (Å²) in [7, 11) is 1.57. The lowest BCUT2D eigenvalue weighted by molar-refractivity contribution is -0.157. The number of nitrogens with zero attached hydrogens (tertiary/aromatic N) is 1. The minimum atomic E-state index is -1.47. The fraction of sp³-hybridized carbons (Fsp3) is 0.562. The van der Waals surface area contributed by atoms with E-state index in [2.05, 4.69) is 5.32 Å². The second-order valence-corrected chi connectivity index (χ2v) is 6.13. The molecule has 0 aromatic heterocycles. The summed E-state index contributed by atoms with van der Waals surface area (Å²) in [5.74, 6) is -0.721. The van der Waals surface area contributed by atoms with Crippen molar-refractivity contribution < 1.29 is 19.0 Å². The summed E-state index contributed by atoms with van der Waals surface area (Å²) in [4.78, 5) is 14.0. The Hall–Kier alpha value is -1.21. The number of benzene rings is 1. The van der Waals surface area contributed by atoms with Crippen LogP contribution in [-0.4, -0.2) is 54.9 Å². The van der Waals surface area contributed by atoms with Crippen LogP contribution in [0.4, 0.5) is 4.39 Å². The Bertz CT molecular complexity index is 538. The van der Waals surface area contributed by atoms with E-state index in [9.17, 15) is 14.3 Å². The number of methoxy groups -OCH3 is 1. The SMILES string of the molecule is COCCN1CCCC(O)(CNCc2c(F)cccc2Cl)C1=O. The maximum absolute atomic E-state index is 13.7. The van der Waals surface area contributed by atoms with Gasteiger partial charge in [0.15, 0.2) is 5.60 Å². The highest BCUT2D eigenvalue weighted by Gasteiger charge is 2.41. The van der Waals surface area contributed by atoms with Crippen LogP contribution in [0.2, 0.25) is 5.02 Å². The molecule has 1 atom stereocenters. The summed E-state index contributed by atoms with van der Waals surface area (Å²) < 4.78 is 18.7. The van der Waals surface area contributed by atoms with E-state index in [0.29, 0.717) is 43.1 Å². The molecule has 128 valence electrons. The number of carbonyl (C=O) groups is 1. The Balaban J connectivity index is 1.94. The van der Waals surface area contributed by atoms with Crippen molar-refractivity contribution in [1.82, 2.24) is 10.2 Å². The first-order chi connectivity index (χ1) is 11.0. The summed E-state index contributed by atoms with van der Waals surface area (Å²) in [6.45, 7) is 1.71. The molecule has 0 bridgehead atoms. The largest absolute Gasteiger partial charge is 0.383 e. The number of piperidine rings is 1. The molecule has 2 rings (SSSR count). The number of hydrogen-bond acceptors (Lipinski definition) is 4. The van der Waals surface area contributed by atoms with Crippen LogP contribution < -0.4 is 5.32 Å². The van der Waals surface area contributed by atoms with E-state index in [1.54, 1.807) is 18.1 Å². The molecule has 0 radical (unpaired) electrons. The number of nitrogens with one attached hydrogen (secondary N) is 1. The Morgan fingerprint density at radius 2 is 2.30 bits per heavy atom. The summed E-state index contributed by atoms with van der Waals surface area (Å²) in [5, 5.41) is 13.9. The van der Waals surface area contributed by atoms with Crippen molar-refractivity contribution in [3.8, 4) is 0 Å². The molecule has 0 saturated carbocycles. The second kappa shape index (κ2) is 8.06. The Kier molecular flexibility index (Phi) is 6.35. The fourth-order valence-electron chi connectivity index (χ4n) is 2.74. The Labute approximate surface area is 140 Å².